The minimum atomic E-state index is -4.29. The first-order valence-electron chi connectivity index (χ1n) is 5.41. The van der Waals surface area contributed by atoms with Crippen LogP contribution in [-0.2, 0) is 6.18 Å². The maximum Gasteiger partial charge on any atom is 0.416 e. The Balaban J connectivity index is 3.22. The van der Waals surface area contributed by atoms with Crippen molar-refractivity contribution in [2.75, 3.05) is 19.0 Å². The molecule has 0 saturated carbocycles. The molecule has 0 aliphatic heterocycles. The molecule has 0 N–H and O–H groups in total. The molecule has 94 valence electrons. The number of halogens is 3. The molecule has 1 aromatic rings. The number of nitrogens with zero attached hydrogens (tertiary/aromatic N) is 1. The highest BCUT2D eigenvalue weighted by Crippen LogP contribution is 2.33. The largest absolute Gasteiger partial charge is 0.416 e. The second kappa shape index (κ2) is 5.25. The summed E-state index contributed by atoms with van der Waals surface area (Å²) in [6.07, 6.45) is 0.330. The van der Waals surface area contributed by atoms with Crippen LogP contribution in [0.3, 0.4) is 0 Å². The van der Waals surface area contributed by atoms with E-state index in [9.17, 15) is 13.2 Å². The summed E-state index contributed by atoms with van der Waals surface area (Å²) in [4.78, 5) is 1.69. The van der Waals surface area contributed by atoms with Crippen LogP contribution in [0, 0.1) is 0 Å². The molecule has 0 amide bonds. The highest BCUT2D eigenvalue weighted by atomic mass is 19.4. The normalized spacial score (nSPS) is 12.1. The predicted octanol–water partition coefficient (Wildman–Crippen LogP) is 4.19. The number of rotatable bonds is 3. The van der Waals surface area contributed by atoms with E-state index in [1.54, 1.807) is 19.0 Å². The predicted molar refractivity (Wildman–Crippen MR) is 65.1 cm³/mol. The van der Waals surface area contributed by atoms with Gasteiger partial charge in [0.1, 0.15) is 0 Å². The number of benzene rings is 1. The summed E-state index contributed by atoms with van der Waals surface area (Å²) in [5.74, 6) is 0. The number of hydrogen-bond donors (Lipinski definition) is 0. The van der Waals surface area contributed by atoms with Crippen LogP contribution in [-0.4, -0.2) is 14.1 Å². The number of hydrogen-bond acceptors (Lipinski definition) is 1. The van der Waals surface area contributed by atoms with Crippen LogP contribution in [0.15, 0.2) is 24.3 Å². The smallest absolute Gasteiger partial charge is 0.377 e. The SMILES string of the molecule is CC/C=C/c1ccc(C(F)(F)F)cc1N(C)C. The summed E-state index contributed by atoms with van der Waals surface area (Å²) in [6.45, 7) is 1.98. The van der Waals surface area contributed by atoms with Gasteiger partial charge < -0.3 is 4.90 Å². The fourth-order valence-corrected chi connectivity index (χ4v) is 1.49. The fraction of sp³-hybridized carbons (Fsp3) is 0.385. The van der Waals surface area contributed by atoms with Gasteiger partial charge in [0.25, 0.3) is 0 Å². The Bertz CT molecular complexity index is 406. The van der Waals surface area contributed by atoms with Crippen LogP contribution in [0.5, 0.6) is 0 Å². The van der Waals surface area contributed by atoms with E-state index in [-0.39, 0.29) is 0 Å². The Labute approximate surface area is 99.6 Å². The molecule has 0 aliphatic rings. The molecule has 1 nitrogen and oxygen atoms in total. The van der Waals surface area contributed by atoms with Crippen molar-refractivity contribution < 1.29 is 13.2 Å². The minimum absolute atomic E-state index is 0.574. The molecule has 0 spiro atoms. The van der Waals surface area contributed by atoms with E-state index in [2.05, 4.69) is 0 Å². The molecule has 0 atom stereocenters. The molecule has 0 saturated heterocycles. The van der Waals surface area contributed by atoms with Gasteiger partial charge in [0.2, 0.25) is 0 Å². The average Bonchev–Trinajstić information content (AvgIpc) is 2.24. The highest BCUT2D eigenvalue weighted by molar-refractivity contribution is 5.68. The Morgan fingerprint density at radius 1 is 1.24 bits per heavy atom. The molecule has 0 fully saturated rings. The maximum atomic E-state index is 12.6. The van der Waals surface area contributed by atoms with Crippen molar-refractivity contribution in [2.24, 2.45) is 0 Å². The minimum Gasteiger partial charge on any atom is -0.377 e. The van der Waals surface area contributed by atoms with E-state index in [1.807, 2.05) is 19.1 Å². The fourth-order valence-electron chi connectivity index (χ4n) is 1.49. The summed E-state index contributed by atoms with van der Waals surface area (Å²) >= 11 is 0. The van der Waals surface area contributed by atoms with Gasteiger partial charge in [0.05, 0.1) is 5.56 Å². The summed E-state index contributed by atoms with van der Waals surface area (Å²) in [5, 5.41) is 0. The second-order valence-corrected chi connectivity index (χ2v) is 3.98. The number of anilines is 1. The molecule has 0 unspecified atom stereocenters. The second-order valence-electron chi connectivity index (χ2n) is 3.98. The van der Waals surface area contributed by atoms with Crippen molar-refractivity contribution >= 4 is 11.8 Å². The molecule has 17 heavy (non-hydrogen) atoms. The van der Waals surface area contributed by atoms with E-state index in [1.165, 1.54) is 12.1 Å². The Morgan fingerprint density at radius 2 is 1.88 bits per heavy atom. The molecule has 0 aliphatic carbocycles. The number of allylic oxidation sites excluding steroid dienone is 1. The van der Waals surface area contributed by atoms with Crippen molar-refractivity contribution in [3.05, 3.63) is 35.4 Å². The standard InChI is InChI=1S/C13H16F3N/c1-4-5-6-10-7-8-11(13(14,15)16)9-12(10)17(2)3/h5-9H,4H2,1-3H3/b6-5+. The average molecular weight is 243 g/mol. The van der Waals surface area contributed by atoms with Crippen molar-refractivity contribution in [2.45, 2.75) is 19.5 Å². The van der Waals surface area contributed by atoms with Gasteiger partial charge in [-0.15, -0.1) is 0 Å². The number of alkyl halides is 3. The van der Waals surface area contributed by atoms with Gasteiger partial charge in [-0.25, -0.2) is 0 Å². The first kappa shape index (κ1) is 13.6. The van der Waals surface area contributed by atoms with Crippen molar-refractivity contribution in [3.63, 3.8) is 0 Å². The first-order chi connectivity index (χ1) is 7.86. The molecule has 0 radical (unpaired) electrons. The molecule has 0 bridgehead atoms. The van der Waals surface area contributed by atoms with Gasteiger partial charge in [-0.2, -0.15) is 13.2 Å². The third-order valence-electron chi connectivity index (χ3n) is 2.37. The molecule has 4 heteroatoms. The van der Waals surface area contributed by atoms with Crippen LogP contribution < -0.4 is 4.90 Å². The zero-order valence-electron chi connectivity index (χ0n) is 10.2. The molecular weight excluding hydrogens is 227 g/mol. The zero-order valence-corrected chi connectivity index (χ0v) is 10.2. The van der Waals surface area contributed by atoms with E-state index in [0.717, 1.165) is 18.1 Å². The maximum absolute atomic E-state index is 12.6. The van der Waals surface area contributed by atoms with Gasteiger partial charge >= 0.3 is 6.18 Å². The Kier molecular flexibility index (Phi) is 4.21. The van der Waals surface area contributed by atoms with Crippen molar-refractivity contribution in [1.29, 1.82) is 0 Å². The van der Waals surface area contributed by atoms with Gasteiger partial charge in [0.15, 0.2) is 0 Å². The lowest BCUT2D eigenvalue weighted by Crippen LogP contribution is -2.13. The van der Waals surface area contributed by atoms with Gasteiger partial charge in [-0.1, -0.05) is 25.1 Å². The monoisotopic (exact) mass is 243 g/mol. The lowest BCUT2D eigenvalue weighted by Gasteiger charge is -2.18. The summed E-state index contributed by atoms with van der Waals surface area (Å²) in [5.41, 5.74) is 0.754. The molecule has 0 aromatic heterocycles. The molecule has 1 rings (SSSR count). The third kappa shape index (κ3) is 3.51. The van der Waals surface area contributed by atoms with Gasteiger partial charge in [-0.05, 0) is 24.1 Å². The van der Waals surface area contributed by atoms with Crippen LogP contribution in [0.1, 0.15) is 24.5 Å². The van der Waals surface area contributed by atoms with Crippen LogP contribution in [0.2, 0.25) is 0 Å². The van der Waals surface area contributed by atoms with Crippen molar-refractivity contribution in [1.82, 2.24) is 0 Å². The van der Waals surface area contributed by atoms with Crippen LogP contribution in [0.25, 0.3) is 6.08 Å². The summed E-state index contributed by atoms with van der Waals surface area (Å²) < 4.78 is 37.7. The van der Waals surface area contributed by atoms with Crippen LogP contribution >= 0.6 is 0 Å². The van der Waals surface area contributed by atoms with E-state index < -0.39 is 11.7 Å². The zero-order chi connectivity index (χ0) is 13.1. The summed E-state index contributed by atoms with van der Waals surface area (Å²) in [7, 11) is 3.47. The molecular formula is C13H16F3N. The summed E-state index contributed by atoms with van der Waals surface area (Å²) in [6, 6.07) is 3.79. The lowest BCUT2D eigenvalue weighted by molar-refractivity contribution is -0.137. The first-order valence-corrected chi connectivity index (χ1v) is 5.41. The topological polar surface area (TPSA) is 3.24 Å². The van der Waals surface area contributed by atoms with E-state index in [4.69, 9.17) is 0 Å². The van der Waals surface area contributed by atoms with Crippen molar-refractivity contribution in [3.8, 4) is 0 Å². The lowest BCUT2D eigenvalue weighted by atomic mass is 10.1. The van der Waals surface area contributed by atoms with E-state index in [0.29, 0.717) is 5.69 Å². The Hall–Kier alpha value is -1.45. The quantitative estimate of drug-likeness (QED) is 0.769. The highest BCUT2D eigenvalue weighted by Gasteiger charge is 2.31. The molecule has 1 aromatic carbocycles. The van der Waals surface area contributed by atoms with Gasteiger partial charge in [0, 0.05) is 19.8 Å². The third-order valence-corrected chi connectivity index (χ3v) is 2.37. The molecule has 0 heterocycles. The van der Waals surface area contributed by atoms with E-state index >= 15 is 0 Å². The van der Waals surface area contributed by atoms with Crippen LogP contribution in [0.4, 0.5) is 18.9 Å². The van der Waals surface area contributed by atoms with Gasteiger partial charge in [-0.3, -0.25) is 0 Å². The Morgan fingerprint density at radius 3 is 2.35 bits per heavy atom.